The molecule has 2 aromatic rings. The summed E-state index contributed by atoms with van der Waals surface area (Å²) in [6, 6.07) is 9.35. The molecule has 0 unspecified atom stereocenters. The van der Waals surface area contributed by atoms with Gasteiger partial charge in [0.15, 0.2) is 5.78 Å². The van der Waals surface area contributed by atoms with Crippen LogP contribution in [0.1, 0.15) is 27.0 Å². The van der Waals surface area contributed by atoms with Crippen LogP contribution in [0.2, 0.25) is 0 Å². The third kappa shape index (κ3) is 4.58. The molecule has 1 aliphatic rings. The zero-order valence-electron chi connectivity index (χ0n) is 15.2. The van der Waals surface area contributed by atoms with Crippen LogP contribution >= 0.6 is 11.3 Å². The summed E-state index contributed by atoms with van der Waals surface area (Å²) in [6.45, 7) is 5.44. The molecule has 1 atom stereocenters. The molecule has 6 heteroatoms. The SMILES string of the molecule is CC(=O)c1sccc1-c1ccc(C(=O)NC[C@@H]2COCCN(C)C2)cc1. The molecule has 26 heavy (non-hydrogen) atoms. The van der Waals surface area contributed by atoms with Gasteiger partial charge in [-0.2, -0.15) is 0 Å². The minimum Gasteiger partial charge on any atom is -0.380 e. The zero-order chi connectivity index (χ0) is 18.5. The molecule has 0 radical (unpaired) electrons. The van der Waals surface area contributed by atoms with Crippen molar-refractivity contribution in [3.63, 3.8) is 0 Å². The van der Waals surface area contributed by atoms with Crippen LogP contribution in [0.25, 0.3) is 11.1 Å². The second-order valence-electron chi connectivity index (χ2n) is 6.71. The summed E-state index contributed by atoms with van der Waals surface area (Å²) in [4.78, 5) is 27.1. The number of ketones is 1. The van der Waals surface area contributed by atoms with Crippen molar-refractivity contribution < 1.29 is 14.3 Å². The van der Waals surface area contributed by atoms with Crippen LogP contribution in [0.5, 0.6) is 0 Å². The van der Waals surface area contributed by atoms with Gasteiger partial charge in [0.25, 0.3) is 5.91 Å². The van der Waals surface area contributed by atoms with Gasteiger partial charge in [0.05, 0.1) is 18.1 Å². The van der Waals surface area contributed by atoms with Gasteiger partial charge in [-0.15, -0.1) is 11.3 Å². The molecule has 1 saturated heterocycles. The van der Waals surface area contributed by atoms with E-state index < -0.39 is 0 Å². The monoisotopic (exact) mass is 372 g/mol. The average Bonchev–Trinajstić information content (AvgIpc) is 3.04. The third-order valence-electron chi connectivity index (χ3n) is 4.54. The van der Waals surface area contributed by atoms with Gasteiger partial charge in [0, 0.05) is 36.7 Å². The molecule has 0 bridgehead atoms. The first-order valence-electron chi connectivity index (χ1n) is 8.78. The fourth-order valence-corrected chi connectivity index (χ4v) is 3.95. The van der Waals surface area contributed by atoms with E-state index in [1.807, 2.05) is 35.7 Å². The lowest BCUT2D eigenvalue weighted by Gasteiger charge is -2.19. The van der Waals surface area contributed by atoms with Crippen molar-refractivity contribution in [3.05, 3.63) is 46.2 Å². The molecule has 1 amide bonds. The van der Waals surface area contributed by atoms with Crippen LogP contribution in [0, 0.1) is 5.92 Å². The van der Waals surface area contributed by atoms with Crippen molar-refractivity contribution >= 4 is 23.0 Å². The molecule has 138 valence electrons. The second kappa shape index (κ2) is 8.58. The number of carbonyl (C=O) groups is 2. The number of amides is 1. The summed E-state index contributed by atoms with van der Waals surface area (Å²) in [5.41, 5.74) is 2.50. The molecule has 5 nitrogen and oxygen atoms in total. The van der Waals surface area contributed by atoms with Crippen molar-refractivity contribution in [1.82, 2.24) is 10.2 Å². The number of hydrogen-bond acceptors (Lipinski definition) is 5. The third-order valence-corrected chi connectivity index (χ3v) is 5.55. The molecule has 2 heterocycles. The number of benzene rings is 1. The first-order valence-corrected chi connectivity index (χ1v) is 9.66. The number of carbonyl (C=O) groups excluding carboxylic acids is 2. The Kier molecular flexibility index (Phi) is 6.19. The van der Waals surface area contributed by atoms with E-state index in [-0.39, 0.29) is 11.7 Å². The smallest absolute Gasteiger partial charge is 0.251 e. The van der Waals surface area contributed by atoms with Crippen LogP contribution in [0.3, 0.4) is 0 Å². The van der Waals surface area contributed by atoms with Gasteiger partial charge >= 0.3 is 0 Å². The van der Waals surface area contributed by atoms with Crippen LogP contribution in [0.4, 0.5) is 0 Å². The Morgan fingerprint density at radius 2 is 2.04 bits per heavy atom. The van der Waals surface area contributed by atoms with Crippen LogP contribution in [0.15, 0.2) is 35.7 Å². The molecule has 0 aliphatic carbocycles. The number of hydrogen-bond donors (Lipinski definition) is 1. The van der Waals surface area contributed by atoms with Crippen molar-refractivity contribution in [2.45, 2.75) is 6.92 Å². The maximum Gasteiger partial charge on any atom is 0.251 e. The first kappa shape index (κ1) is 18.8. The van der Waals surface area contributed by atoms with Gasteiger partial charge in [0.1, 0.15) is 0 Å². The van der Waals surface area contributed by atoms with Gasteiger partial charge in [-0.3, -0.25) is 9.59 Å². The molecule has 0 saturated carbocycles. The highest BCUT2D eigenvalue weighted by atomic mass is 32.1. The summed E-state index contributed by atoms with van der Waals surface area (Å²) in [5.74, 6) is 0.280. The predicted molar refractivity (Wildman–Crippen MR) is 104 cm³/mol. The number of rotatable bonds is 5. The number of ether oxygens (including phenoxy) is 1. The Balaban J connectivity index is 1.62. The number of likely N-dealkylation sites (N-methyl/N-ethyl adjacent to an activating group) is 1. The molecular formula is C20H24N2O3S. The Bertz CT molecular complexity index is 770. The van der Waals surface area contributed by atoms with Crippen molar-refractivity contribution in [2.75, 3.05) is 39.9 Å². The van der Waals surface area contributed by atoms with Gasteiger partial charge in [-0.1, -0.05) is 12.1 Å². The van der Waals surface area contributed by atoms with Crippen LogP contribution in [-0.4, -0.2) is 56.5 Å². The van der Waals surface area contributed by atoms with E-state index in [0.717, 1.165) is 35.7 Å². The van der Waals surface area contributed by atoms with Gasteiger partial charge in [-0.25, -0.2) is 0 Å². The lowest BCUT2D eigenvalue weighted by atomic mass is 10.0. The summed E-state index contributed by atoms with van der Waals surface area (Å²) in [6.07, 6.45) is 0. The Hall–Kier alpha value is -2.02. The Morgan fingerprint density at radius 3 is 2.77 bits per heavy atom. The second-order valence-corrected chi connectivity index (χ2v) is 7.63. The lowest BCUT2D eigenvalue weighted by Crippen LogP contribution is -2.35. The Morgan fingerprint density at radius 1 is 1.27 bits per heavy atom. The molecule has 1 fully saturated rings. The lowest BCUT2D eigenvalue weighted by molar-refractivity contribution is 0.0920. The molecule has 0 spiro atoms. The first-order chi connectivity index (χ1) is 12.5. The Labute approximate surface area is 158 Å². The normalized spacial score (nSPS) is 18.3. The minimum atomic E-state index is -0.0828. The van der Waals surface area contributed by atoms with E-state index in [2.05, 4.69) is 17.3 Å². The van der Waals surface area contributed by atoms with Crippen molar-refractivity contribution in [1.29, 1.82) is 0 Å². The standard InChI is InChI=1S/C20H24N2O3S/c1-14(23)19-18(7-10-26-19)16-3-5-17(6-4-16)20(24)21-11-15-12-22(2)8-9-25-13-15/h3-7,10,15H,8-9,11-13H2,1-2H3,(H,21,24)/t15-/m0/s1. The van der Waals surface area contributed by atoms with Crippen LogP contribution < -0.4 is 5.32 Å². The molecular weight excluding hydrogens is 348 g/mol. The van der Waals surface area contributed by atoms with E-state index in [0.29, 0.717) is 24.6 Å². The number of nitrogens with one attached hydrogen (secondary N) is 1. The van der Waals surface area contributed by atoms with E-state index in [1.54, 1.807) is 6.92 Å². The zero-order valence-corrected chi connectivity index (χ0v) is 16.0. The maximum absolute atomic E-state index is 12.4. The fraction of sp³-hybridized carbons (Fsp3) is 0.400. The molecule has 1 N–H and O–H groups in total. The average molecular weight is 372 g/mol. The number of Topliss-reactive ketones (excluding diaryl/α,β-unsaturated/α-hetero) is 1. The molecule has 1 aliphatic heterocycles. The maximum atomic E-state index is 12.4. The summed E-state index contributed by atoms with van der Waals surface area (Å²) in [7, 11) is 2.07. The highest BCUT2D eigenvalue weighted by molar-refractivity contribution is 7.12. The highest BCUT2D eigenvalue weighted by Crippen LogP contribution is 2.28. The quantitative estimate of drug-likeness (QED) is 0.820. The molecule has 1 aromatic carbocycles. The minimum absolute atomic E-state index is 0.0624. The van der Waals surface area contributed by atoms with Gasteiger partial charge in [-0.05, 0) is 43.1 Å². The van der Waals surface area contributed by atoms with Crippen molar-refractivity contribution in [2.24, 2.45) is 5.92 Å². The van der Waals surface area contributed by atoms with E-state index in [1.165, 1.54) is 11.3 Å². The fourth-order valence-electron chi connectivity index (χ4n) is 3.13. The predicted octanol–water partition coefficient (Wildman–Crippen LogP) is 2.93. The number of thiophene rings is 1. The molecule has 1 aromatic heterocycles. The van der Waals surface area contributed by atoms with E-state index in [4.69, 9.17) is 4.74 Å². The van der Waals surface area contributed by atoms with E-state index >= 15 is 0 Å². The summed E-state index contributed by atoms with van der Waals surface area (Å²) < 4.78 is 5.58. The summed E-state index contributed by atoms with van der Waals surface area (Å²) in [5, 5.41) is 4.92. The molecule has 3 rings (SSSR count). The summed E-state index contributed by atoms with van der Waals surface area (Å²) >= 11 is 1.44. The van der Waals surface area contributed by atoms with E-state index in [9.17, 15) is 9.59 Å². The largest absolute Gasteiger partial charge is 0.380 e. The highest BCUT2D eigenvalue weighted by Gasteiger charge is 2.17. The van der Waals surface area contributed by atoms with Gasteiger partial charge in [0.2, 0.25) is 0 Å². The van der Waals surface area contributed by atoms with Gasteiger partial charge < -0.3 is 15.0 Å². The van der Waals surface area contributed by atoms with Crippen molar-refractivity contribution in [3.8, 4) is 11.1 Å². The number of nitrogens with zero attached hydrogens (tertiary/aromatic N) is 1. The van der Waals surface area contributed by atoms with Crippen LogP contribution in [-0.2, 0) is 4.74 Å². The topological polar surface area (TPSA) is 58.6 Å².